The van der Waals surface area contributed by atoms with Gasteiger partial charge in [-0.05, 0) is 36.9 Å². The van der Waals surface area contributed by atoms with E-state index < -0.39 is 0 Å². The van der Waals surface area contributed by atoms with Gasteiger partial charge in [-0.3, -0.25) is 5.41 Å². The molecule has 3 N–H and O–H groups in total. The van der Waals surface area contributed by atoms with E-state index in [9.17, 15) is 0 Å². The van der Waals surface area contributed by atoms with Gasteiger partial charge in [0.2, 0.25) is 0 Å². The van der Waals surface area contributed by atoms with E-state index in [0.29, 0.717) is 10.7 Å². The maximum atomic E-state index is 7.26. The molecule has 0 aliphatic rings. The molecule has 17 heavy (non-hydrogen) atoms. The molecule has 5 nitrogen and oxygen atoms in total. The van der Waals surface area contributed by atoms with Crippen LogP contribution in [0.15, 0.2) is 40.8 Å². The summed E-state index contributed by atoms with van der Waals surface area (Å²) in [6.07, 6.45) is 3.29. The second kappa shape index (κ2) is 4.92. The van der Waals surface area contributed by atoms with Gasteiger partial charge in [0.25, 0.3) is 0 Å². The molecule has 0 amide bonds. The van der Waals surface area contributed by atoms with Crippen LogP contribution in [0, 0.1) is 12.3 Å². The molecule has 86 valence electrons. The molecule has 2 aromatic heterocycles. The van der Waals surface area contributed by atoms with E-state index >= 15 is 0 Å². The lowest BCUT2D eigenvalue weighted by atomic mass is 10.3. The van der Waals surface area contributed by atoms with Crippen LogP contribution in [0.4, 0.5) is 0 Å². The molecule has 2 rings (SSSR count). The van der Waals surface area contributed by atoms with Gasteiger partial charge in [-0.1, -0.05) is 0 Å². The Kier molecular flexibility index (Phi) is 3.34. The van der Waals surface area contributed by atoms with Gasteiger partial charge in [0, 0.05) is 23.7 Å². The highest BCUT2D eigenvalue weighted by Crippen LogP contribution is 2.22. The molecule has 0 aromatic carbocycles. The van der Waals surface area contributed by atoms with Gasteiger partial charge in [-0.2, -0.15) is 0 Å². The van der Waals surface area contributed by atoms with Crippen molar-refractivity contribution in [3.05, 3.63) is 41.9 Å². The Morgan fingerprint density at radius 1 is 1.29 bits per heavy atom. The predicted octanol–water partition coefficient (Wildman–Crippen LogP) is 1.62. The number of aryl methyl sites for hydroxylation is 1. The van der Waals surface area contributed by atoms with Crippen LogP contribution in [0.3, 0.4) is 0 Å². The molecule has 2 heterocycles. The van der Waals surface area contributed by atoms with Crippen molar-refractivity contribution >= 4 is 17.6 Å². The second-order valence-electron chi connectivity index (χ2n) is 3.38. The lowest BCUT2D eigenvalue weighted by Gasteiger charge is -2.01. The average Bonchev–Trinajstić information content (AvgIpc) is 2.29. The van der Waals surface area contributed by atoms with Crippen molar-refractivity contribution in [2.24, 2.45) is 5.73 Å². The number of rotatable bonds is 3. The van der Waals surface area contributed by atoms with Gasteiger partial charge in [0.15, 0.2) is 5.16 Å². The molecule has 2 aromatic rings. The third kappa shape index (κ3) is 3.01. The van der Waals surface area contributed by atoms with Gasteiger partial charge in [-0.15, -0.1) is 0 Å². The quantitative estimate of drug-likeness (QED) is 0.487. The fraction of sp³-hybridized carbons (Fsp3) is 0.0909. The summed E-state index contributed by atoms with van der Waals surface area (Å²) >= 11 is 1.38. The van der Waals surface area contributed by atoms with Gasteiger partial charge >= 0.3 is 0 Å². The third-order valence-corrected chi connectivity index (χ3v) is 2.85. The highest BCUT2D eigenvalue weighted by atomic mass is 32.2. The number of hydrogen-bond acceptors (Lipinski definition) is 5. The minimum atomic E-state index is 0.0147. The van der Waals surface area contributed by atoms with Crippen LogP contribution >= 0.6 is 11.8 Å². The van der Waals surface area contributed by atoms with Crippen LogP contribution in [0.5, 0.6) is 0 Å². The molecule has 0 saturated heterocycles. The molecule has 0 radical (unpaired) electrons. The molecular formula is C11H11N5S. The lowest BCUT2D eigenvalue weighted by molar-refractivity contribution is 0.927. The van der Waals surface area contributed by atoms with Crippen molar-refractivity contribution in [1.82, 2.24) is 15.0 Å². The minimum Gasteiger partial charge on any atom is -0.384 e. The van der Waals surface area contributed by atoms with Crippen LogP contribution in [-0.4, -0.2) is 20.8 Å². The maximum absolute atomic E-state index is 7.26. The van der Waals surface area contributed by atoms with Crippen LogP contribution in [0.1, 0.15) is 11.3 Å². The smallest absolute Gasteiger partial charge is 0.194 e. The number of pyridine rings is 1. The Morgan fingerprint density at radius 3 is 2.71 bits per heavy atom. The minimum absolute atomic E-state index is 0.0147. The Morgan fingerprint density at radius 2 is 2.12 bits per heavy atom. The molecule has 0 aliphatic heterocycles. The van der Waals surface area contributed by atoms with Gasteiger partial charge in [0.1, 0.15) is 10.9 Å². The summed E-state index contributed by atoms with van der Waals surface area (Å²) in [6.45, 7) is 1.91. The fourth-order valence-electron chi connectivity index (χ4n) is 1.17. The maximum Gasteiger partial charge on any atom is 0.194 e. The Hall–Kier alpha value is -1.95. The summed E-state index contributed by atoms with van der Waals surface area (Å²) in [4.78, 5) is 12.6. The van der Waals surface area contributed by atoms with E-state index in [1.807, 2.05) is 13.0 Å². The number of aromatic nitrogens is 3. The summed E-state index contributed by atoms with van der Waals surface area (Å²) in [6, 6.07) is 5.40. The summed E-state index contributed by atoms with van der Waals surface area (Å²) in [5.74, 6) is 0.0147. The summed E-state index contributed by atoms with van der Waals surface area (Å²) < 4.78 is 0. The van der Waals surface area contributed by atoms with E-state index in [-0.39, 0.29) is 5.84 Å². The number of hydrogen-bond donors (Lipinski definition) is 2. The first kappa shape index (κ1) is 11.5. The predicted molar refractivity (Wildman–Crippen MR) is 66.1 cm³/mol. The van der Waals surface area contributed by atoms with Crippen LogP contribution in [-0.2, 0) is 0 Å². The van der Waals surface area contributed by atoms with Crippen molar-refractivity contribution < 1.29 is 0 Å². The number of nitrogen functional groups attached to an aromatic ring is 1. The van der Waals surface area contributed by atoms with Gasteiger partial charge in [0.05, 0.1) is 0 Å². The highest BCUT2D eigenvalue weighted by Gasteiger charge is 2.03. The van der Waals surface area contributed by atoms with Gasteiger partial charge in [-0.25, -0.2) is 15.0 Å². The standard InChI is InChI=1S/C11H11N5S/c1-7-4-5-14-11(16-7)17-9-3-2-8(6-15-9)10(12)13/h2-6H,1H3,(H3,12,13). The van der Waals surface area contributed by atoms with E-state index in [1.54, 1.807) is 24.5 Å². The van der Waals surface area contributed by atoms with E-state index in [2.05, 4.69) is 15.0 Å². The van der Waals surface area contributed by atoms with Crippen molar-refractivity contribution in [1.29, 1.82) is 5.41 Å². The van der Waals surface area contributed by atoms with Crippen LogP contribution < -0.4 is 5.73 Å². The first-order valence-corrected chi connectivity index (χ1v) is 5.75. The number of nitrogens with two attached hydrogens (primary N) is 1. The average molecular weight is 245 g/mol. The van der Waals surface area contributed by atoms with E-state index in [1.165, 1.54) is 11.8 Å². The molecule has 0 fully saturated rings. The first-order valence-electron chi connectivity index (χ1n) is 4.93. The molecule has 0 spiro atoms. The van der Waals surface area contributed by atoms with Crippen molar-refractivity contribution in [3.8, 4) is 0 Å². The normalized spacial score (nSPS) is 10.2. The zero-order valence-corrected chi connectivity index (χ0v) is 10.0. The molecule has 0 atom stereocenters. The summed E-state index contributed by atoms with van der Waals surface area (Å²) in [5, 5.41) is 8.70. The van der Waals surface area contributed by atoms with Crippen LogP contribution in [0.2, 0.25) is 0 Å². The molecule has 0 unspecified atom stereocenters. The van der Waals surface area contributed by atoms with Crippen molar-refractivity contribution in [2.45, 2.75) is 17.1 Å². The fourth-order valence-corrected chi connectivity index (χ4v) is 1.90. The molecule has 0 saturated carbocycles. The molecule has 0 aliphatic carbocycles. The highest BCUT2D eigenvalue weighted by molar-refractivity contribution is 7.99. The van der Waals surface area contributed by atoms with E-state index in [4.69, 9.17) is 11.1 Å². The molecule has 6 heteroatoms. The topological polar surface area (TPSA) is 88.5 Å². The third-order valence-electron chi connectivity index (χ3n) is 2.02. The first-order chi connectivity index (χ1) is 8.15. The number of amidine groups is 1. The Labute approximate surface area is 103 Å². The Bertz CT molecular complexity index is 538. The molecule has 0 bridgehead atoms. The van der Waals surface area contributed by atoms with Gasteiger partial charge < -0.3 is 5.73 Å². The number of nitrogens with one attached hydrogen (secondary N) is 1. The summed E-state index contributed by atoms with van der Waals surface area (Å²) in [7, 11) is 0. The largest absolute Gasteiger partial charge is 0.384 e. The zero-order valence-electron chi connectivity index (χ0n) is 9.21. The molecular weight excluding hydrogens is 234 g/mol. The number of nitrogens with zero attached hydrogens (tertiary/aromatic N) is 3. The second-order valence-corrected chi connectivity index (χ2v) is 4.37. The van der Waals surface area contributed by atoms with Crippen LogP contribution in [0.25, 0.3) is 0 Å². The van der Waals surface area contributed by atoms with E-state index in [0.717, 1.165) is 10.7 Å². The van der Waals surface area contributed by atoms with Crippen molar-refractivity contribution in [3.63, 3.8) is 0 Å². The Balaban J connectivity index is 2.16. The summed E-state index contributed by atoms with van der Waals surface area (Å²) in [5.41, 5.74) is 6.88. The zero-order chi connectivity index (χ0) is 12.3. The van der Waals surface area contributed by atoms with Crippen molar-refractivity contribution in [2.75, 3.05) is 0 Å². The lowest BCUT2D eigenvalue weighted by Crippen LogP contribution is -2.11. The monoisotopic (exact) mass is 245 g/mol. The SMILES string of the molecule is Cc1ccnc(Sc2ccc(C(=N)N)cn2)n1.